The second kappa shape index (κ2) is 6.77. The minimum Gasteiger partial charge on any atom is -0.497 e. The highest BCUT2D eigenvalue weighted by Crippen LogP contribution is 2.33. The van der Waals surface area contributed by atoms with Crippen LogP contribution in [0.5, 0.6) is 11.5 Å². The molecule has 0 radical (unpaired) electrons. The molecule has 96 valence electrons. The Labute approximate surface area is 108 Å². The zero-order chi connectivity index (χ0) is 12.8. The lowest BCUT2D eigenvalue weighted by Gasteiger charge is -2.16. The molecule has 3 nitrogen and oxygen atoms in total. The fourth-order valence-electron chi connectivity index (χ4n) is 1.28. The molecule has 1 aromatic rings. The Kier molecular flexibility index (Phi) is 5.65. The first-order valence-corrected chi connectivity index (χ1v) is 6.67. The average Bonchev–Trinajstić information content (AvgIpc) is 2.35. The van der Waals surface area contributed by atoms with Crippen molar-refractivity contribution >= 4 is 11.8 Å². The van der Waals surface area contributed by atoms with Crippen molar-refractivity contribution in [3.05, 3.63) is 18.2 Å². The van der Waals surface area contributed by atoms with E-state index in [1.165, 1.54) is 0 Å². The molecule has 0 saturated heterocycles. The first-order valence-electron chi connectivity index (χ1n) is 5.69. The molecule has 0 aliphatic heterocycles. The van der Waals surface area contributed by atoms with E-state index in [1.807, 2.05) is 18.2 Å². The van der Waals surface area contributed by atoms with Crippen LogP contribution < -0.4 is 15.2 Å². The monoisotopic (exact) mass is 255 g/mol. The van der Waals surface area contributed by atoms with E-state index < -0.39 is 0 Å². The number of hydrogen-bond acceptors (Lipinski definition) is 4. The van der Waals surface area contributed by atoms with Crippen LogP contribution in [0.15, 0.2) is 23.1 Å². The highest BCUT2D eigenvalue weighted by Gasteiger charge is 2.11. The maximum Gasteiger partial charge on any atom is 0.132 e. The van der Waals surface area contributed by atoms with E-state index in [2.05, 4.69) is 13.8 Å². The maximum absolute atomic E-state index is 6.03. The van der Waals surface area contributed by atoms with Gasteiger partial charge < -0.3 is 15.2 Å². The molecule has 0 amide bonds. The van der Waals surface area contributed by atoms with Gasteiger partial charge in [0.2, 0.25) is 0 Å². The van der Waals surface area contributed by atoms with Crippen LogP contribution in [0.1, 0.15) is 13.8 Å². The predicted molar refractivity (Wildman–Crippen MR) is 73.1 cm³/mol. The molecule has 1 unspecified atom stereocenters. The lowest BCUT2D eigenvalue weighted by molar-refractivity contribution is 0.394. The van der Waals surface area contributed by atoms with Crippen LogP contribution in [0.4, 0.5) is 0 Å². The third-order valence-electron chi connectivity index (χ3n) is 2.66. The van der Waals surface area contributed by atoms with Crippen molar-refractivity contribution in [3.8, 4) is 11.5 Å². The van der Waals surface area contributed by atoms with Gasteiger partial charge in [0.05, 0.1) is 19.1 Å². The van der Waals surface area contributed by atoms with Crippen molar-refractivity contribution < 1.29 is 9.47 Å². The predicted octanol–water partition coefficient (Wildman–Crippen LogP) is 2.78. The summed E-state index contributed by atoms with van der Waals surface area (Å²) in [5, 5.41) is 0. The molecule has 4 heteroatoms. The minimum atomic E-state index is 0.191. The van der Waals surface area contributed by atoms with E-state index >= 15 is 0 Å². The third kappa shape index (κ3) is 4.13. The van der Waals surface area contributed by atoms with E-state index in [-0.39, 0.29) is 6.04 Å². The Bertz CT molecular complexity index is 355. The molecule has 1 atom stereocenters. The summed E-state index contributed by atoms with van der Waals surface area (Å²) in [4.78, 5) is 1.07. The van der Waals surface area contributed by atoms with Crippen LogP contribution in [0.3, 0.4) is 0 Å². The summed E-state index contributed by atoms with van der Waals surface area (Å²) in [5.74, 6) is 3.07. The summed E-state index contributed by atoms with van der Waals surface area (Å²) >= 11 is 1.71. The third-order valence-corrected chi connectivity index (χ3v) is 3.84. The highest BCUT2D eigenvalue weighted by molar-refractivity contribution is 7.99. The van der Waals surface area contributed by atoms with Crippen molar-refractivity contribution in [1.29, 1.82) is 0 Å². The minimum absolute atomic E-state index is 0.191. The molecule has 0 fully saturated rings. The average molecular weight is 255 g/mol. The van der Waals surface area contributed by atoms with Gasteiger partial charge in [-0.05, 0) is 24.1 Å². The van der Waals surface area contributed by atoms with E-state index in [1.54, 1.807) is 26.0 Å². The lowest BCUT2D eigenvalue weighted by Crippen LogP contribution is -2.28. The Morgan fingerprint density at radius 1 is 1.24 bits per heavy atom. The van der Waals surface area contributed by atoms with Crippen LogP contribution in [-0.2, 0) is 0 Å². The molecule has 0 spiro atoms. The topological polar surface area (TPSA) is 44.5 Å². The maximum atomic E-state index is 6.03. The van der Waals surface area contributed by atoms with Crippen molar-refractivity contribution in [1.82, 2.24) is 0 Å². The van der Waals surface area contributed by atoms with Crippen molar-refractivity contribution in [2.24, 2.45) is 11.7 Å². The van der Waals surface area contributed by atoms with Crippen LogP contribution in [-0.4, -0.2) is 26.0 Å². The second-order valence-electron chi connectivity index (χ2n) is 4.24. The molecule has 0 saturated carbocycles. The van der Waals surface area contributed by atoms with Crippen LogP contribution >= 0.6 is 11.8 Å². The van der Waals surface area contributed by atoms with Gasteiger partial charge in [0.1, 0.15) is 11.5 Å². The number of benzene rings is 1. The Balaban J connectivity index is 2.74. The van der Waals surface area contributed by atoms with Crippen LogP contribution in [0.2, 0.25) is 0 Å². The first kappa shape index (κ1) is 14.2. The van der Waals surface area contributed by atoms with Gasteiger partial charge in [0, 0.05) is 11.8 Å². The molecule has 1 aromatic carbocycles. The first-order chi connectivity index (χ1) is 8.08. The van der Waals surface area contributed by atoms with Gasteiger partial charge in [0.15, 0.2) is 0 Å². The van der Waals surface area contributed by atoms with E-state index in [0.717, 1.165) is 22.1 Å². The van der Waals surface area contributed by atoms with Gasteiger partial charge in [-0.15, -0.1) is 11.8 Å². The van der Waals surface area contributed by atoms with Crippen molar-refractivity contribution in [2.75, 3.05) is 20.0 Å². The van der Waals surface area contributed by atoms with Crippen molar-refractivity contribution in [2.45, 2.75) is 24.8 Å². The number of ether oxygens (including phenoxy) is 2. The largest absolute Gasteiger partial charge is 0.497 e. The molecule has 2 N–H and O–H groups in total. The fraction of sp³-hybridized carbons (Fsp3) is 0.538. The Hall–Kier alpha value is -0.870. The SMILES string of the molecule is COc1ccc(OC)c(SCC(N)C(C)C)c1. The number of methoxy groups -OCH3 is 2. The molecule has 17 heavy (non-hydrogen) atoms. The molecule has 0 aromatic heterocycles. The van der Waals surface area contributed by atoms with E-state index in [0.29, 0.717) is 5.92 Å². The standard InChI is InChI=1S/C13H21NO2S/c1-9(2)11(14)8-17-13-7-10(15-3)5-6-12(13)16-4/h5-7,9,11H,8,14H2,1-4H3. The Morgan fingerprint density at radius 2 is 1.94 bits per heavy atom. The summed E-state index contributed by atoms with van der Waals surface area (Å²) in [5.41, 5.74) is 6.03. The normalized spacial score (nSPS) is 12.6. The number of rotatable bonds is 6. The zero-order valence-electron chi connectivity index (χ0n) is 10.9. The van der Waals surface area contributed by atoms with Gasteiger partial charge in [0.25, 0.3) is 0 Å². The molecule has 0 aliphatic rings. The summed E-state index contributed by atoms with van der Waals surface area (Å²) in [7, 11) is 3.34. The Morgan fingerprint density at radius 3 is 2.47 bits per heavy atom. The summed E-state index contributed by atoms with van der Waals surface area (Å²) in [6.45, 7) is 4.27. The number of hydrogen-bond donors (Lipinski definition) is 1. The van der Waals surface area contributed by atoms with Crippen molar-refractivity contribution in [3.63, 3.8) is 0 Å². The van der Waals surface area contributed by atoms with E-state index in [4.69, 9.17) is 15.2 Å². The second-order valence-corrected chi connectivity index (χ2v) is 5.30. The summed E-state index contributed by atoms with van der Waals surface area (Å²) in [6, 6.07) is 5.99. The summed E-state index contributed by atoms with van der Waals surface area (Å²) < 4.78 is 10.5. The van der Waals surface area contributed by atoms with Gasteiger partial charge in [-0.1, -0.05) is 13.8 Å². The van der Waals surface area contributed by atoms with Gasteiger partial charge in [-0.25, -0.2) is 0 Å². The van der Waals surface area contributed by atoms with E-state index in [9.17, 15) is 0 Å². The van der Waals surface area contributed by atoms with Gasteiger partial charge in [-0.3, -0.25) is 0 Å². The highest BCUT2D eigenvalue weighted by atomic mass is 32.2. The number of nitrogens with two attached hydrogens (primary N) is 1. The summed E-state index contributed by atoms with van der Waals surface area (Å²) in [6.07, 6.45) is 0. The molecular weight excluding hydrogens is 234 g/mol. The lowest BCUT2D eigenvalue weighted by atomic mass is 10.1. The molecular formula is C13H21NO2S. The molecule has 0 bridgehead atoms. The van der Waals surface area contributed by atoms with Gasteiger partial charge >= 0.3 is 0 Å². The van der Waals surface area contributed by atoms with Crippen LogP contribution in [0, 0.1) is 5.92 Å². The quantitative estimate of drug-likeness (QED) is 0.794. The van der Waals surface area contributed by atoms with Crippen LogP contribution in [0.25, 0.3) is 0 Å². The zero-order valence-corrected chi connectivity index (χ0v) is 11.7. The number of thioether (sulfide) groups is 1. The molecule has 1 rings (SSSR count). The van der Waals surface area contributed by atoms with Gasteiger partial charge in [-0.2, -0.15) is 0 Å². The smallest absolute Gasteiger partial charge is 0.132 e. The fourth-order valence-corrected chi connectivity index (χ4v) is 2.53. The molecule has 0 heterocycles. The molecule has 0 aliphatic carbocycles.